The number of nitrogens with one attached hydrogen (secondary N) is 1. The molecule has 1 heterocycles. The van der Waals surface area contributed by atoms with E-state index in [9.17, 15) is 9.90 Å². The highest BCUT2D eigenvalue weighted by Gasteiger charge is 2.24. The summed E-state index contributed by atoms with van der Waals surface area (Å²) in [6.07, 6.45) is 1.57. The van der Waals surface area contributed by atoms with Crippen molar-refractivity contribution in [1.29, 1.82) is 0 Å². The van der Waals surface area contributed by atoms with Crippen molar-refractivity contribution in [3.8, 4) is 11.5 Å². The number of aliphatic hydroxyl groups is 1. The zero-order valence-corrected chi connectivity index (χ0v) is 9.89. The van der Waals surface area contributed by atoms with Gasteiger partial charge in [0.1, 0.15) is 24.2 Å². The molecule has 1 amide bonds. The molecule has 2 N–H and O–H groups in total. The number of fused-ring (bicyclic) bond motifs is 1. The van der Waals surface area contributed by atoms with Gasteiger partial charge in [-0.1, -0.05) is 0 Å². The quantitative estimate of drug-likeness (QED) is 0.827. The SMILES string of the molecule is O=C(COc1ccc2c(c1)OCC2O)NC1CC1. The van der Waals surface area contributed by atoms with Crippen molar-refractivity contribution in [3.63, 3.8) is 0 Å². The molecule has 0 aromatic heterocycles. The molecule has 1 aliphatic carbocycles. The summed E-state index contributed by atoms with van der Waals surface area (Å²) in [5, 5.41) is 12.4. The van der Waals surface area contributed by atoms with E-state index in [4.69, 9.17) is 9.47 Å². The Hall–Kier alpha value is -1.75. The minimum absolute atomic E-state index is 0.0117. The molecule has 1 atom stereocenters. The van der Waals surface area contributed by atoms with Gasteiger partial charge in [0.15, 0.2) is 6.61 Å². The molecule has 0 spiro atoms. The average Bonchev–Trinajstić information content (AvgIpc) is 3.10. The van der Waals surface area contributed by atoms with Crippen molar-refractivity contribution >= 4 is 5.91 Å². The van der Waals surface area contributed by atoms with Gasteiger partial charge in [0, 0.05) is 17.7 Å². The van der Waals surface area contributed by atoms with E-state index in [-0.39, 0.29) is 19.1 Å². The van der Waals surface area contributed by atoms with E-state index in [2.05, 4.69) is 5.32 Å². The van der Waals surface area contributed by atoms with Crippen LogP contribution in [-0.4, -0.2) is 30.3 Å². The molecule has 5 heteroatoms. The summed E-state index contributed by atoms with van der Waals surface area (Å²) in [5.41, 5.74) is 0.768. The number of carbonyl (C=O) groups excluding carboxylic acids is 1. The zero-order valence-electron chi connectivity index (χ0n) is 9.89. The molecule has 1 aliphatic heterocycles. The molecule has 0 radical (unpaired) electrons. The van der Waals surface area contributed by atoms with Crippen LogP contribution in [0.3, 0.4) is 0 Å². The van der Waals surface area contributed by atoms with Crippen LogP contribution in [0.5, 0.6) is 11.5 Å². The summed E-state index contributed by atoms with van der Waals surface area (Å²) in [5.74, 6) is 1.11. The second kappa shape index (κ2) is 4.49. The Bertz CT molecular complexity index is 470. The molecular weight excluding hydrogens is 234 g/mol. The highest BCUT2D eigenvalue weighted by Crippen LogP contribution is 2.34. The van der Waals surface area contributed by atoms with E-state index in [0.717, 1.165) is 18.4 Å². The van der Waals surface area contributed by atoms with E-state index < -0.39 is 6.10 Å². The lowest BCUT2D eigenvalue weighted by atomic mass is 10.1. The van der Waals surface area contributed by atoms with Crippen molar-refractivity contribution < 1.29 is 19.4 Å². The molecule has 1 fully saturated rings. The van der Waals surface area contributed by atoms with E-state index in [1.807, 2.05) is 0 Å². The molecule has 1 aromatic rings. The number of rotatable bonds is 4. The monoisotopic (exact) mass is 249 g/mol. The van der Waals surface area contributed by atoms with Crippen LogP contribution < -0.4 is 14.8 Å². The molecule has 1 saturated carbocycles. The van der Waals surface area contributed by atoms with Gasteiger partial charge in [0.2, 0.25) is 0 Å². The average molecular weight is 249 g/mol. The lowest BCUT2D eigenvalue weighted by Gasteiger charge is -2.08. The molecule has 18 heavy (non-hydrogen) atoms. The fourth-order valence-corrected chi connectivity index (χ4v) is 1.91. The van der Waals surface area contributed by atoms with Crippen LogP contribution in [0.4, 0.5) is 0 Å². The molecule has 0 bridgehead atoms. The van der Waals surface area contributed by atoms with Gasteiger partial charge >= 0.3 is 0 Å². The number of ether oxygens (including phenoxy) is 2. The lowest BCUT2D eigenvalue weighted by Crippen LogP contribution is -2.30. The molecule has 1 aromatic carbocycles. The van der Waals surface area contributed by atoms with Gasteiger partial charge in [0.25, 0.3) is 5.91 Å². The molecule has 5 nitrogen and oxygen atoms in total. The number of aliphatic hydroxyl groups excluding tert-OH is 1. The molecule has 3 rings (SSSR count). The van der Waals surface area contributed by atoms with Crippen LogP contribution in [0.1, 0.15) is 24.5 Å². The zero-order chi connectivity index (χ0) is 12.5. The highest BCUT2D eigenvalue weighted by molar-refractivity contribution is 5.78. The maximum atomic E-state index is 11.4. The van der Waals surface area contributed by atoms with Crippen molar-refractivity contribution in [1.82, 2.24) is 5.32 Å². The maximum Gasteiger partial charge on any atom is 0.258 e. The maximum absolute atomic E-state index is 11.4. The topological polar surface area (TPSA) is 67.8 Å². The summed E-state index contributed by atoms with van der Waals surface area (Å²) in [4.78, 5) is 11.4. The van der Waals surface area contributed by atoms with Crippen LogP contribution in [0.15, 0.2) is 18.2 Å². The summed E-state index contributed by atoms with van der Waals surface area (Å²) in [6, 6.07) is 5.55. The Morgan fingerprint density at radius 3 is 3.11 bits per heavy atom. The number of benzene rings is 1. The predicted octanol–water partition coefficient (Wildman–Crippen LogP) is 0.770. The van der Waals surface area contributed by atoms with Gasteiger partial charge in [-0.05, 0) is 25.0 Å². The Morgan fingerprint density at radius 1 is 1.50 bits per heavy atom. The van der Waals surface area contributed by atoms with Gasteiger partial charge in [-0.2, -0.15) is 0 Å². The third-order valence-electron chi connectivity index (χ3n) is 3.05. The summed E-state index contributed by atoms with van der Waals surface area (Å²) in [7, 11) is 0. The molecular formula is C13H15NO4. The van der Waals surface area contributed by atoms with Gasteiger partial charge in [-0.3, -0.25) is 4.79 Å². The largest absolute Gasteiger partial charge is 0.490 e. The standard InChI is InChI=1S/C13H15NO4/c15-11-6-18-12-5-9(3-4-10(11)12)17-7-13(16)14-8-1-2-8/h3-5,8,11,15H,1-2,6-7H2,(H,14,16). The van der Waals surface area contributed by atoms with Crippen LogP contribution in [0, 0.1) is 0 Å². The van der Waals surface area contributed by atoms with E-state index in [1.165, 1.54) is 0 Å². The third kappa shape index (κ3) is 2.41. The minimum Gasteiger partial charge on any atom is -0.490 e. The van der Waals surface area contributed by atoms with Gasteiger partial charge in [0.05, 0.1) is 0 Å². The Balaban J connectivity index is 1.58. The van der Waals surface area contributed by atoms with Gasteiger partial charge < -0.3 is 19.9 Å². The van der Waals surface area contributed by atoms with Gasteiger partial charge in [-0.15, -0.1) is 0 Å². The van der Waals surface area contributed by atoms with Crippen LogP contribution in [0.2, 0.25) is 0 Å². The Morgan fingerprint density at radius 2 is 2.33 bits per heavy atom. The minimum atomic E-state index is -0.563. The lowest BCUT2D eigenvalue weighted by molar-refractivity contribution is -0.123. The number of hydrogen-bond donors (Lipinski definition) is 2. The predicted molar refractivity (Wildman–Crippen MR) is 63.6 cm³/mol. The number of hydrogen-bond acceptors (Lipinski definition) is 4. The first-order valence-corrected chi connectivity index (χ1v) is 6.09. The highest BCUT2D eigenvalue weighted by atomic mass is 16.5. The van der Waals surface area contributed by atoms with Crippen LogP contribution >= 0.6 is 0 Å². The van der Waals surface area contributed by atoms with E-state index in [1.54, 1.807) is 18.2 Å². The Kier molecular flexibility index (Phi) is 2.83. The first-order chi connectivity index (χ1) is 8.72. The number of amides is 1. The van der Waals surface area contributed by atoms with E-state index >= 15 is 0 Å². The smallest absolute Gasteiger partial charge is 0.258 e. The summed E-state index contributed by atoms with van der Waals surface area (Å²) >= 11 is 0. The van der Waals surface area contributed by atoms with Gasteiger partial charge in [-0.25, -0.2) is 0 Å². The second-order valence-electron chi connectivity index (χ2n) is 4.66. The fraction of sp³-hybridized carbons (Fsp3) is 0.462. The van der Waals surface area contributed by atoms with Crippen molar-refractivity contribution in [3.05, 3.63) is 23.8 Å². The van der Waals surface area contributed by atoms with Crippen LogP contribution in [0.25, 0.3) is 0 Å². The first kappa shape index (κ1) is 11.3. The van der Waals surface area contributed by atoms with E-state index in [0.29, 0.717) is 17.5 Å². The van der Waals surface area contributed by atoms with Crippen LogP contribution in [-0.2, 0) is 4.79 Å². The number of carbonyl (C=O) groups is 1. The fourth-order valence-electron chi connectivity index (χ4n) is 1.91. The van der Waals surface area contributed by atoms with Crippen molar-refractivity contribution in [2.45, 2.75) is 25.0 Å². The molecule has 1 unspecified atom stereocenters. The molecule has 96 valence electrons. The normalized spacial score (nSPS) is 21.1. The van der Waals surface area contributed by atoms with Crippen molar-refractivity contribution in [2.24, 2.45) is 0 Å². The summed E-state index contributed by atoms with van der Waals surface area (Å²) < 4.78 is 10.7. The molecule has 0 saturated heterocycles. The first-order valence-electron chi connectivity index (χ1n) is 6.09. The Labute approximate surface area is 105 Å². The summed E-state index contributed by atoms with van der Waals surface area (Å²) in [6.45, 7) is 0.290. The second-order valence-corrected chi connectivity index (χ2v) is 4.66. The molecule has 2 aliphatic rings. The van der Waals surface area contributed by atoms with Crippen molar-refractivity contribution in [2.75, 3.05) is 13.2 Å². The third-order valence-corrected chi connectivity index (χ3v) is 3.05.